The Labute approximate surface area is 112 Å². The molecule has 0 aliphatic carbocycles. The highest BCUT2D eigenvalue weighted by Gasteiger charge is 2.45. The standard InChI is InChI=1S/C12H10N2O4S/c1-5-4-6-9(19-5)12(18)14(11(6)17)7-2-3-8(15)13-10(7)16/h4,7H,2-3H2,1H3,(H,13,15,16). The normalized spacial score (nSPS) is 22.8. The summed E-state index contributed by atoms with van der Waals surface area (Å²) < 4.78 is 0. The van der Waals surface area contributed by atoms with Crippen molar-refractivity contribution in [2.45, 2.75) is 25.8 Å². The van der Waals surface area contributed by atoms with Crippen LogP contribution in [0.4, 0.5) is 0 Å². The summed E-state index contributed by atoms with van der Waals surface area (Å²) in [7, 11) is 0. The lowest BCUT2D eigenvalue weighted by Crippen LogP contribution is -2.54. The van der Waals surface area contributed by atoms with E-state index in [1.54, 1.807) is 6.07 Å². The number of rotatable bonds is 1. The van der Waals surface area contributed by atoms with E-state index in [0.717, 1.165) is 9.78 Å². The largest absolute Gasteiger partial charge is 0.295 e. The number of carbonyl (C=O) groups is 4. The first-order chi connectivity index (χ1) is 8.99. The van der Waals surface area contributed by atoms with E-state index in [1.807, 2.05) is 6.92 Å². The number of aryl methyl sites for hydroxylation is 1. The molecular weight excluding hydrogens is 268 g/mol. The van der Waals surface area contributed by atoms with Crippen molar-refractivity contribution < 1.29 is 19.2 Å². The Bertz CT molecular complexity index is 600. The molecule has 98 valence electrons. The van der Waals surface area contributed by atoms with Gasteiger partial charge in [0.15, 0.2) is 0 Å². The van der Waals surface area contributed by atoms with E-state index in [9.17, 15) is 19.2 Å². The van der Waals surface area contributed by atoms with E-state index in [4.69, 9.17) is 0 Å². The van der Waals surface area contributed by atoms with Crippen LogP contribution in [0.25, 0.3) is 0 Å². The van der Waals surface area contributed by atoms with Gasteiger partial charge in [-0.15, -0.1) is 11.3 Å². The molecule has 6 nitrogen and oxygen atoms in total. The van der Waals surface area contributed by atoms with Crippen molar-refractivity contribution in [1.82, 2.24) is 10.2 Å². The van der Waals surface area contributed by atoms with Crippen LogP contribution >= 0.6 is 11.3 Å². The van der Waals surface area contributed by atoms with Crippen molar-refractivity contribution in [2.24, 2.45) is 0 Å². The van der Waals surface area contributed by atoms with Gasteiger partial charge in [-0.2, -0.15) is 0 Å². The van der Waals surface area contributed by atoms with Crippen molar-refractivity contribution in [2.75, 3.05) is 0 Å². The number of piperidine rings is 1. The molecule has 1 aromatic rings. The average molecular weight is 278 g/mol. The molecule has 1 saturated heterocycles. The molecule has 0 spiro atoms. The fraction of sp³-hybridized carbons (Fsp3) is 0.333. The first-order valence-electron chi connectivity index (χ1n) is 5.81. The van der Waals surface area contributed by atoms with Crippen LogP contribution in [0.3, 0.4) is 0 Å². The van der Waals surface area contributed by atoms with Crippen LogP contribution in [-0.2, 0) is 9.59 Å². The van der Waals surface area contributed by atoms with Crippen molar-refractivity contribution >= 4 is 35.0 Å². The Hall–Kier alpha value is -2.02. The van der Waals surface area contributed by atoms with Gasteiger partial charge in [0.2, 0.25) is 11.8 Å². The monoisotopic (exact) mass is 278 g/mol. The number of amides is 4. The maximum Gasteiger partial charge on any atom is 0.272 e. The molecule has 0 radical (unpaired) electrons. The van der Waals surface area contributed by atoms with Crippen LogP contribution in [0.1, 0.15) is 37.7 Å². The van der Waals surface area contributed by atoms with Crippen molar-refractivity contribution in [3.05, 3.63) is 21.4 Å². The lowest BCUT2D eigenvalue weighted by Gasteiger charge is -2.27. The van der Waals surface area contributed by atoms with Crippen molar-refractivity contribution in [3.63, 3.8) is 0 Å². The topological polar surface area (TPSA) is 83.6 Å². The van der Waals surface area contributed by atoms with Crippen molar-refractivity contribution in [1.29, 1.82) is 0 Å². The number of hydrogen-bond donors (Lipinski definition) is 1. The van der Waals surface area contributed by atoms with Crippen LogP contribution < -0.4 is 5.32 Å². The molecule has 1 atom stereocenters. The van der Waals surface area contributed by atoms with Gasteiger partial charge in [-0.25, -0.2) is 0 Å². The van der Waals surface area contributed by atoms with E-state index < -0.39 is 23.8 Å². The minimum absolute atomic E-state index is 0.139. The molecule has 1 aromatic heterocycles. The Morgan fingerprint density at radius 3 is 2.63 bits per heavy atom. The molecule has 0 bridgehead atoms. The number of nitrogens with one attached hydrogen (secondary N) is 1. The van der Waals surface area contributed by atoms with E-state index in [0.29, 0.717) is 10.4 Å². The van der Waals surface area contributed by atoms with Gasteiger partial charge in [0.25, 0.3) is 11.8 Å². The highest BCUT2D eigenvalue weighted by Crippen LogP contribution is 2.33. The predicted octanol–water partition coefficient (Wildman–Crippen LogP) is 0.458. The molecule has 0 aromatic carbocycles. The molecule has 19 heavy (non-hydrogen) atoms. The van der Waals surface area contributed by atoms with Crippen LogP contribution in [0, 0.1) is 6.92 Å². The van der Waals surface area contributed by atoms with Gasteiger partial charge < -0.3 is 0 Å². The fourth-order valence-electron chi connectivity index (χ4n) is 2.37. The number of carbonyl (C=O) groups excluding carboxylic acids is 4. The summed E-state index contributed by atoms with van der Waals surface area (Å²) in [6.45, 7) is 1.82. The number of hydrogen-bond acceptors (Lipinski definition) is 5. The molecule has 1 N–H and O–H groups in total. The fourth-order valence-corrected chi connectivity index (χ4v) is 3.32. The molecule has 0 saturated carbocycles. The van der Waals surface area contributed by atoms with Gasteiger partial charge in [0.1, 0.15) is 10.9 Å². The summed E-state index contributed by atoms with van der Waals surface area (Å²) in [4.78, 5) is 49.5. The van der Waals surface area contributed by atoms with Crippen LogP contribution in [0.5, 0.6) is 0 Å². The van der Waals surface area contributed by atoms with E-state index in [-0.39, 0.29) is 18.7 Å². The molecule has 7 heteroatoms. The third-order valence-corrected chi connectivity index (χ3v) is 4.28. The maximum atomic E-state index is 12.2. The number of fused-ring (bicyclic) bond motifs is 1. The Morgan fingerprint density at radius 1 is 1.26 bits per heavy atom. The lowest BCUT2D eigenvalue weighted by atomic mass is 10.0. The quantitative estimate of drug-likeness (QED) is 0.756. The first kappa shape index (κ1) is 12.0. The van der Waals surface area contributed by atoms with Gasteiger partial charge in [-0.05, 0) is 19.4 Å². The van der Waals surface area contributed by atoms with Crippen LogP contribution in [0.15, 0.2) is 6.07 Å². The summed E-state index contributed by atoms with van der Waals surface area (Å²) in [5, 5.41) is 2.16. The number of imide groups is 2. The van der Waals surface area contributed by atoms with Crippen molar-refractivity contribution in [3.8, 4) is 0 Å². The number of thiophene rings is 1. The zero-order chi connectivity index (χ0) is 13.7. The SMILES string of the molecule is Cc1cc2c(s1)C(=O)N(C1CCC(=O)NC1=O)C2=O. The van der Waals surface area contributed by atoms with Gasteiger partial charge in [0, 0.05) is 11.3 Å². The predicted molar refractivity (Wildman–Crippen MR) is 65.7 cm³/mol. The molecule has 4 amide bonds. The molecular formula is C12H10N2O4S. The van der Waals surface area contributed by atoms with Crippen LogP contribution in [0.2, 0.25) is 0 Å². The summed E-state index contributed by atoms with van der Waals surface area (Å²) in [5.74, 6) is -1.83. The van der Waals surface area contributed by atoms with Crippen LogP contribution in [-0.4, -0.2) is 34.6 Å². The van der Waals surface area contributed by atoms with E-state index >= 15 is 0 Å². The average Bonchev–Trinajstić information content (AvgIpc) is 2.82. The second-order valence-corrected chi connectivity index (χ2v) is 5.80. The second-order valence-electron chi connectivity index (χ2n) is 4.55. The Morgan fingerprint density at radius 2 is 2.00 bits per heavy atom. The summed E-state index contributed by atoms with van der Waals surface area (Å²) >= 11 is 1.25. The van der Waals surface area contributed by atoms with Gasteiger partial charge in [-0.3, -0.25) is 29.4 Å². The Balaban J connectivity index is 1.94. The highest BCUT2D eigenvalue weighted by atomic mass is 32.1. The summed E-state index contributed by atoms with van der Waals surface area (Å²) in [6.07, 6.45) is 0.330. The minimum atomic E-state index is -0.877. The third-order valence-electron chi connectivity index (χ3n) is 3.24. The highest BCUT2D eigenvalue weighted by molar-refractivity contribution is 7.14. The zero-order valence-corrected chi connectivity index (χ0v) is 10.9. The summed E-state index contributed by atoms with van der Waals surface area (Å²) in [6, 6.07) is 0.782. The maximum absolute atomic E-state index is 12.2. The van der Waals surface area contributed by atoms with Gasteiger partial charge in [-0.1, -0.05) is 0 Å². The molecule has 1 unspecified atom stereocenters. The number of nitrogens with zero attached hydrogens (tertiary/aromatic N) is 1. The second kappa shape index (κ2) is 3.99. The minimum Gasteiger partial charge on any atom is -0.295 e. The molecule has 2 aliphatic rings. The van der Waals surface area contributed by atoms with Gasteiger partial charge in [0.05, 0.1) is 5.56 Å². The third kappa shape index (κ3) is 1.69. The molecule has 2 aliphatic heterocycles. The van der Waals surface area contributed by atoms with E-state index in [2.05, 4.69) is 5.32 Å². The first-order valence-corrected chi connectivity index (χ1v) is 6.62. The molecule has 3 heterocycles. The van der Waals surface area contributed by atoms with E-state index in [1.165, 1.54) is 11.3 Å². The lowest BCUT2D eigenvalue weighted by molar-refractivity contribution is -0.136. The molecule has 3 rings (SSSR count). The Kier molecular flexibility index (Phi) is 2.53. The smallest absolute Gasteiger partial charge is 0.272 e. The molecule has 1 fully saturated rings. The zero-order valence-electron chi connectivity index (χ0n) is 10.1. The summed E-state index contributed by atoms with van der Waals surface area (Å²) in [5.41, 5.74) is 0.359. The van der Waals surface area contributed by atoms with Gasteiger partial charge >= 0.3 is 0 Å².